The van der Waals surface area contributed by atoms with Crippen LogP contribution in [0, 0.1) is 0 Å². The van der Waals surface area contributed by atoms with Crippen molar-refractivity contribution in [2.45, 2.75) is 6.10 Å². The van der Waals surface area contributed by atoms with Gasteiger partial charge >= 0.3 is 0 Å². The maximum Gasteiger partial charge on any atom is 0.203 e. The van der Waals surface area contributed by atoms with Gasteiger partial charge in [0, 0.05) is 0 Å². The lowest BCUT2D eigenvalue weighted by Gasteiger charge is -2.17. The first-order valence-electron chi connectivity index (χ1n) is 6.24. The first-order chi connectivity index (χ1) is 9.71. The maximum atomic E-state index is 10.4. The monoisotopic (exact) mass is 274 g/mol. The summed E-state index contributed by atoms with van der Waals surface area (Å²) >= 11 is 0. The van der Waals surface area contributed by atoms with Crippen molar-refractivity contribution in [1.29, 1.82) is 0 Å². The molecule has 0 amide bonds. The number of hydrogen-bond donors (Lipinski definition) is 1. The second-order valence-corrected chi connectivity index (χ2v) is 4.27. The molecule has 2 aromatic carbocycles. The minimum Gasteiger partial charge on any atom is -0.493 e. The number of methoxy groups -OCH3 is 3. The molecular weight excluding hydrogens is 256 g/mol. The van der Waals surface area contributed by atoms with Crippen LogP contribution in [-0.4, -0.2) is 26.4 Å². The van der Waals surface area contributed by atoms with Gasteiger partial charge < -0.3 is 19.3 Å². The standard InChI is InChI=1S/C16H18O4/c1-18-13-9-12(10-14(19-2)16(13)20-3)15(17)11-7-5-4-6-8-11/h4-10,15,17H,1-3H3/t15-/m0/s1. The van der Waals surface area contributed by atoms with Gasteiger partial charge in [-0.3, -0.25) is 0 Å². The van der Waals surface area contributed by atoms with Crippen molar-refractivity contribution in [2.75, 3.05) is 21.3 Å². The summed E-state index contributed by atoms with van der Waals surface area (Å²) in [5.74, 6) is 1.56. The van der Waals surface area contributed by atoms with E-state index in [0.717, 1.165) is 5.56 Å². The number of aliphatic hydroxyl groups is 1. The van der Waals surface area contributed by atoms with Crippen LogP contribution in [0.2, 0.25) is 0 Å². The van der Waals surface area contributed by atoms with Crippen LogP contribution in [0.3, 0.4) is 0 Å². The largest absolute Gasteiger partial charge is 0.493 e. The van der Waals surface area contributed by atoms with Gasteiger partial charge in [0.05, 0.1) is 21.3 Å². The van der Waals surface area contributed by atoms with Crippen molar-refractivity contribution in [3.63, 3.8) is 0 Å². The Labute approximate surface area is 118 Å². The summed E-state index contributed by atoms with van der Waals surface area (Å²) < 4.78 is 15.8. The average Bonchev–Trinajstić information content (AvgIpc) is 2.53. The molecule has 0 aliphatic rings. The topological polar surface area (TPSA) is 47.9 Å². The van der Waals surface area contributed by atoms with Crippen LogP contribution in [-0.2, 0) is 0 Å². The van der Waals surface area contributed by atoms with E-state index < -0.39 is 6.10 Å². The predicted molar refractivity (Wildman–Crippen MR) is 76.6 cm³/mol. The van der Waals surface area contributed by atoms with E-state index in [-0.39, 0.29) is 0 Å². The smallest absolute Gasteiger partial charge is 0.203 e. The molecule has 0 radical (unpaired) electrons. The molecule has 0 bridgehead atoms. The Bertz CT molecular complexity index is 541. The molecule has 20 heavy (non-hydrogen) atoms. The summed E-state index contributed by atoms with van der Waals surface area (Å²) in [6.07, 6.45) is -0.745. The predicted octanol–water partition coefficient (Wildman–Crippen LogP) is 2.79. The second-order valence-electron chi connectivity index (χ2n) is 4.27. The summed E-state index contributed by atoms with van der Waals surface area (Å²) in [5.41, 5.74) is 1.49. The molecule has 0 spiro atoms. The molecule has 0 fully saturated rings. The molecular formula is C16H18O4. The van der Waals surface area contributed by atoms with E-state index in [4.69, 9.17) is 14.2 Å². The van der Waals surface area contributed by atoms with E-state index in [0.29, 0.717) is 22.8 Å². The van der Waals surface area contributed by atoms with Crippen molar-refractivity contribution < 1.29 is 19.3 Å². The van der Waals surface area contributed by atoms with Crippen LogP contribution in [0.4, 0.5) is 0 Å². The molecule has 0 heterocycles. The first-order valence-corrected chi connectivity index (χ1v) is 6.24. The molecule has 106 valence electrons. The maximum absolute atomic E-state index is 10.4. The van der Waals surface area contributed by atoms with Crippen molar-refractivity contribution in [1.82, 2.24) is 0 Å². The van der Waals surface area contributed by atoms with E-state index in [1.807, 2.05) is 30.3 Å². The van der Waals surface area contributed by atoms with E-state index in [9.17, 15) is 5.11 Å². The lowest BCUT2D eigenvalue weighted by Crippen LogP contribution is -2.02. The Morgan fingerprint density at radius 2 is 1.35 bits per heavy atom. The molecule has 0 aliphatic heterocycles. The average molecular weight is 274 g/mol. The SMILES string of the molecule is COc1cc([C@@H](O)c2ccccc2)cc(OC)c1OC. The minimum atomic E-state index is -0.745. The zero-order valence-electron chi connectivity index (χ0n) is 11.8. The summed E-state index contributed by atoms with van der Waals surface area (Å²) in [6.45, 7) is 0. The van der Waals surface area contributed by atoms with Gasteiger partial charge in [-0.2, -0.15) is 0 Å². The van der Waals surface area contributed by atoms with Crippen molar-refractivity contribution in [3.8, 4) is 17.2 Å². The molecule has 4 nitrogen and oxygen atoms in total. The van der Waals surface area contributed by atoms with Crippen LogP contribution >= 0.6 is 0 Å². The van der Waals surface area contributed by atoms with E-state index in [2.05, 4.69) is 0 Å². The molecule has 1 atom stereocenters. The number of ether oxygens (including phenoxy) is 3. The molecule has 0 aromatic heterocycles. The first kappa shape index (κ1) is 14.2. The molecule has 0 saturated heterocycles. The van der Waals surface area contributed by atoms with Crippen LogP contribution in [0.15, 0.2) is 42.5 Å². The second kappa shape index (κ2) is 6.30. The Balaban J connectivity index is 2.47. The lowest BCUT2D eigenvalue weighted by molar-refractivity contribution is 0.218. The third-order valence-corrected chi connectivity index (χ3v) is 3.12. The summed E-state index contributed by atoms with van der Waals surface area (Å²) in [6, 6.07) is 12.9. The van der Waals surface area contributed by atoms with Gasteiger partial charge in [-0.05, 0) is 23.3 Å². The van der Waals surface area contributed by atoms with Crippen molar-refractivity contribution >= 4 is 0 Å². The fraction of sp³-hybridized carbons (Fsp3) is 0.250. The third-order valence-electron chi connectivity index (χ3n) is 3.12. The third kappa shape index (κ3) is 2.70. The molecule has 4 heteroatoms. The van der Waals surface area contributed by atoms with Crippen LogP contribution in [0.1, 0.15) is 17.2 Å². The fourth-order valence-corrected chi connectivity index (χ4v) is 2.09. The van der Waals surface area contributed by atoms with Crippen LogP contribution < -0.4 is 14.2 Å². The zero-order chi connectivity index (χ0) is 14.5. The van der Waals surface area contributed by atoms with Crippen LogP contribution in [0.25, 0.3) is 0 Å². The Kier molecular flexibility index (Phi) is 4.48. The summed E-state index contributed by atoms with van der Waals surface area (Å²) in [4.78, 5) is 0. The molecule has 0 aliphatic carbocycles. The van der Waals surface area contributed by atoms with E-state index >= 15 is 0 Å². The lowest BCUT2D eigenvalue weighted by atomic mass is 10.0. The van der Waals surface area contributed by atoms with Gasteiger partial charge in [-0.15, -0.1) is 0 Å². The quantitative estimate of drug-likeness (QED) is 0.910. The van der Waals surface area contributed by atoms with Gasteiger partial charge in [-0.1, -0.05) is 30.3 Å². The number of rotatable bonds is 5. The van der Waals surface area contributed by atoms with Gasteiger partial charge in [0.25, 0.3) is 0 Å². The van der Waals surface area contributed by atoms with Gasteiger partial charge in [0.2, 0.25) is 5.75 Å². The highest BCUT2D eigenvalue weighted by Gasteiger charge is 2.18. The molecule has 2 rings (SSSR count). The van der Waals surface area contributed by atoms with Gasteiger partial charge in [-0.25, -0.2) is 0 Å². The molecule has 0 saturated carbocycles. The molecule has 2 aromatic rings. The summed E-state index contributed by atoms with van der Waals surface area (Å²) in [5, 5.41) is 10.4. The number of aliphatic hydroxyl groups excluding tert-OH is 1. The highest BCUT2D eigenvalue weighted by molar-refractivity contribution is 5.55. The van der Waals surface area contributed by atoms with Crippen molar-refractivity contribution in [3.05, 3.63) is 53.6 Å². The van der Waals surface area contributed by atoms with E-state index in [1.165, 1.54) is 0 Å². The normalized spacial score (nSPS) is 11.8. The number of benzene rings is 2. The molecule has 0 unspecified atom stereocenters. The van der Waals surface area contributed by atoms with Crippen molar-refractivity contribution in [2.24, 2.45) is 0 Å². The Morgan fingerprint density at radius 1 is 0.800 bits per heavy atom. The Morgan fingerprint density at radius 3 is 1.80 bits per heavy atom. The Hall–Kier alpha value is -2.20. The number of hydrogen-bond acceptors (Lipinski definition) is 4. The highest BCUT2D eigenvalue weighted by atomic mass is 16.5. The van der Waals surface area contributed by atoms with Crippen LogP contribution in [0.5, 0.6) is 17.2 Å². The van der Waals surface area contributed by atoms with Gasteiger partial charge in [0.1, 0.15) is 6.10 Å². The summed E-state index contributed by atoms with van der Waals surface area (Å²) in [7, 11) is 4.65. The van der Waals surface area contributed by atoms with E-state index in [1.54, 1.807) is 33.5 Å². The van der Waals surface area contributed by atoms with Gasteiger partial charge in [0.15, 0.2) is 11.5 Å². The molecule has 1 N–H and O–H groups in total. The fourth-order valence-electron chi connectivity index (χ4n) is 2.09. The zero-order valence-corrected chi connectivity index (χ0v) is 11.8. The minimum absolute atomic E-state index is 0.513. The highest BCUT2D eigenvalue weighted by Crippen LogP contribution is 2.40.